The minimum atomic E-state index is -1.52. The van der Waals surface area contributed by atoms with Crippen LogP contribution in [0, 0.1) is 0 Å². The molecule has 0 aromatic heterocycles. The van der Waals surface area contributed by atoms with Gasteiger partial charge in [-0.15, -0.1) is 0 Å². The van der Waals surface area contributed by atoms with Crippen LogP contribution in [0.2, 0.25) is 5.02 Å². The van der Waals surface area contributed by atoms with Crippen molar-refractivity contribution in [1.82, 2.24) is 5.43 Å². The topological polar surface area (TPSA) is 70.6 Å². The summed E-state index contributed by atoms with van der Waals surface area (Å²) in [5.41, 5.74) is 9.21. The Morgan fingerprint density at radius 1 is 0.931 bits per heavy atom. The number of rotatable bonds is 6. The van der Waals surface area contributed by atoms with Crippen molar-refractivity contribution in [1.29, 1.82) is 0 Å². The molecule has 4 N–H and O–H groups in total. The van der Waals surface area contributed by atoms with Crippen molar-refractivity contribution in [3.63, 3.8) is 0 Å². The van der Waals surface area contributed by atoms with E-state index in [0.29, 0.717) is 21.9 Å². The lowest BCUT2D eigenvalue weighted by atomic mass is 9.82. The summed E-state index contributed by atoms with van der Waals surface area (Å²) in [5.74, 6) is 0. The predicted molar refractivity (Wildman–Crippen MR) is 124 cm³/mol. The first-order valence-corrected chi connectivity index (χ1v) is 9.69. The van der Waals surface area contributed by atoms with Crippen LogP contribution in [-0.4, -0.2) is 15.9 Å². The highest BCUT2D eigenvalue weighted by molar-refractivity contribution is 7.80. The van der Waals surface area contributed by atoms with Gasteiger partial charge < -0.3 is 10.8 Å². The van der Waals surface area contributed by atoms with E-state index in [2.05, 4.69) is 10.5 Å². The van der Waals surface area contributed by atoms with E-state index in [-0.39, 0.29) is 5.11 Å². The Kier molecular flexibility index (Phi) is 6.77. The van der Waals surface area contributed by atoms with Gasteiger partial charge in [-0.2, -0.15) is 5.10 Å². The molecule has 29 heavy (non-hydrogen) atoms. The van der Waals surface area contributed by atoms with Crippen LogP contribution < -0.4 is 11.2 Å². The Labute approximate surface area is 180 Å². The van der Waals surface area contributed by atoms with Gasteiger partial charge in [-0.3, -0.25) is 5.43 Å². The van der Waals surface area contributed by atoms with Gasteiger partial charge in [0.2, 0.25) is 0 Å². The van der Waals surface area contributed by atoms with Crippen molar-refractivity contribution >= 4 is 40.7 Å². The number of nitrogens with two attached hydrogens (primary N) is 1. The van der Waals surface area contributed by atoms with Crippen molar-refractivity contribution in [2.75, 3.05) is 0 Å². The standard InChI is InChI=1S/C23H20ClN3OS/c24-20-14-11-17(12-15-20)13-16-21(26-27-22(25)29)23(28,18-7-3-1-4-8-18)19-9-5-2-6-10-19/h1-16,28H,(H3,25,27,29)/b16-13+,26-21+. The van der Waals surface area contributed by atoms with E-state index in [9.17, 15) is 5.11 Å². The second-order valence-corrected chi connectivity index (χ2v) is 7.18. The highest BCUT2D eigenvalue weighted by Crippen LogP contribution is 2.32. The van der Waals surface area contributed by atoms with E-state index in [1.807, 2.05) is 78.9 Å². The van der Waals surface area contributed by atoms with Crippen LogP contribution in [0.15, 0.2) is 96.1 Å². The molecule has 0 fully saturated rings. The second kappa shape index (κ2) is 9.47. The molecule has 0 aliphatic rings. The highest BCUT2D eigenvalue weighted by Gasteiger charge is 2.36. The minimum absolute atomic E-state index is 0.00543. The average molecular weight is 422 g/mol. The zero-order chi connectivity index (χ0) is 20.7. The summed E-state index contributed by atoms with van der Waals surface area (Å²) in [7, 11) is 0. The molecule has 0 bridgehead atoms. The van der Waals surface area contributed by atoms with Crippen LogP contribution in [0.3, 0.4) is 0 Å². The summed E-state index contributed by atoms with van der Waals surface area (Å²) in [4.78, 5) is 0. The van der Waals surface area contributed by atoms with Gasteiger partial charge in [-0.1, -0.05) is 90.5 Å². The zero-order valence-corrected chi connectivity index (χ0v) is 17.1. The molecule has 0 aliphatic carbocycles. The Hall–Kier alpha value is -2.99. The van der Waals surface area contributed by atoms with E-state index in [1.165, 1.54) is 0 Å². The molecule has 4 nitrogen and oxygen atoms in total. The van der Waals surface area contributed by atoms with Gasteiger partial charge in [0.25, 0.3) is 0 Å². The van der Waals surface area contributed by atoms with Gasteiger partial charge >= 0.3 is 0 Å². The molecule has 3 aromatic carbocycles. The summed E-state index contributed by atoms with van der Waals surface area (Å²) < 4.78 is 0. The Balaban J connectivity index is 2.14. The normalized spacial score (nSPS) is 12.1. The van der Waals surface area contributed by atoms with E-state index < -0.39 is 5.60 Å². The third-order valence-electron chi connectivity index (χ3n) is 4.34. The average Bonchev–Trinajstić information content (AvgIpc) is 2.75. The number of nitrogens with zero attached hydrogens (tertiary/aromatic N) is 1. The molecular weight excluding hydrogens is 402 g/mol. The van der Waals surface area contributed by atoms with Crippen LogP contribution in [0.5, 0.6) is 0 Å². The van der Waals surface area contributed by atoms with E-state index >= 15 is 0 Å². The van der Waals surface area contributed by atoms with Crippen LogP contribution in [0.1, 0.15) is 16.7 Å². The fourth-order valence-corrected chi connectivity index (χ4v) is 3.10. The maximum atomic E-state index is 11.9. The monoisotopic (exact) mass is 421 g/mol. The number of nitrogens with one attached hydrogen (secondary N) is 1. The number of hydrogen-bond acceptors (Lipinski definition) is 3. The van der Waals surface area contributed by atoms with Crippen LogP contribution in [0.4, 0.5) is 0 Å². The summed E-state index contributed by atoms with van der Waals surface area (Å²) in [6.45, 7) is 0. The largest absolute Gasteiger partial charge is 0.375 e. The van der Waals surface area contributed by atoms with E-state index in [0.717, 1.165) is 5.56 Å². The molecule has 3 rings (SSSR count). The van der Waals surface area contributed by atoms with Crippen molar-refractivity contribution in [3.05, 3.63) is 113 Å². The van der Waals surface area contributed by atoms with Crippen molar-refractivity contribution in [2.24, 2.45) is 10.8 Å². The minimum Gasteiger partial charge on any atom is -0.375 e. The quantitative estimate of drug-likeness (QED) is 0.312. The molecular formula is C23H20ClN3OS. The molecule has 3 aromatic rings. The molecule has 0 aliphatic heterocycles. The SMILES string of the molecule is NC(=S)N/N=C(\C=C\c1ccc(Cl)cc1)C(O)(c1ccccc1)c1ccccc1. The molecule has 6 heteroatoms. The second-order valence-electron chi connectivity index (χ2n) is 6.30. The number of aliphatic hydroxyl groups is 1. The Morgan fingerprint density at radius 3 is 1.93 bits per heavy atom. The number of thiocarbonyl (C=S) groups is 1. The first-order valence-electron chi connectivity index (χ1n) is 8.91. The van der Waals surface area contributed by atoms with E-state index in [4.69, 9.17) is 29.6 Å². The van der Waals surface area contributed by atoms with Crippen molar-refractivity contribution < 1.29 is 5.11 Å². The van der Waals surface area contributed by atoms with E-state index in [1.54, 1.807) is 18.2 Å². The molecule has 146 valence electrons. The molecule has 0 atom stereocenters. The zero-order valence-electron chi connectivity index (χ0n) is 15.5. The van der Waals surface area contributed by atoms with Crippen LogP contribution in [-0.2, 0) is 5.60 Å². The van der Waals surface area contributed by atoms with Crippen LogP contribution in [0.25, 0.3) is 6.08 Å². The molecule has 0 saturated heterocycles. The van der Waals surface area contributed by atoms with Gasteiger partial charge in [0.15, 0.2) is 10.7 Å². The van der Waals surface area contributed by atoms with Gasteiger partial charge in [-0.05, 0) is 47.1 Å². The summed E-state index contributed by atoms with van der Waals surface area (Å²) in [5, 5.41) is 16.9. The third kappa shape index (κ3) is 5.09. The van der Waals surface area contributed by atoms with Gasteiger partial charge in [0.1, 0.15) is 5.71 Å². The smallest absolute Gasteiger partial charge is 0.184 e. The highest BCUT2D eigenvalue weighted by atomic mass is 35.5. The summed E-state index contributed by atoms with van der Waals surface area (Å²) in [6, 6.07) is 26.0. The van der Waals surface area contributed by atoms with Crippen molar-refractivity contribution in [3.8, 4) is 0 Å². The molecule has 0 saturated carbocycles. The number of hydrogen-bond donors (Lipinski definition) is 3. The fourth-order valence-electron chi connectivity index (χ4n) is 2.92. The summed E-state index contributed by atoms with van der Waals surface area (Å²) in [6.07, 6.45) is 3.57. The molecule has 0 amide bonds. The Morgan fingerprint density at radius 2 is 1.45 bits per heavy atom. The molecule has 0 unspecified atom stereocenters. The number of halogens is 1. The number of hydrazone groups is 1. The third-order valence-corrected chi connectivity index (χ3v) is 4.69. The van der Waals surface area contributed by atoms with Crippen LogP contribution >= 0.6 is 23.8 Å². The predicted octanol–water partition coefficient (Wildman–Crippen LogP) is 4.48. The lowest BCUT2D eigenvalue weighted by Crippen LogP contribution is -2.38. The molecule has 0 heterocycles. The summed E-state index contributed by atoms with van der Waals surface area (Å²) >= 11 is 10.9. The molecule has 0 spiro atoms. The maximum absolute atomic E-state index is 11.9. The lowest BCUT2D eigenvalue weighted by Gasteiger charge is -2.29. The van der Waals surface area contributed by atoms with Gasteiger partial charge in [-0.25, -0.2) is 0 Å². The lowest BCUT2D eigenvalue weighted by molar-refractivity contribution is 0.156. The van der Waals surface area contributed by atoms with Gasteiger partial charge in [0, 0.05) is 5.02 Å². The number of benzene rings is 3. The van der Waals surface area contributed by atoms with Gasteiger partial charge in [0.05, 0.1) is 0 Å². The Bertz CT molecular complexity index is 980. The molecule has 0 radical (unpaired) electrons. The first-order chi connectivity index (χ1) is 14.0. The maximum Gasteiger partial charge on any atom is 0.184 e. The van der Waals surface area contributed by atoms with Crippen molar-refractivity contribution in [2.45, 2.75) is 5.60 Å². The fraction of sp³-hybridized carbons (Fsp3) is 0.0435. The first kappa shape index (κ1) is 20.7.